The number of aromatic nitrogens is 3. The summed E-state index contributed by atoms with van der Waals surface area (Å²) in [5, 5.41) is 4.44. The van der Waals surface area contributed by atoms with Crippen molar-refractivity contribution in [3.05, 3.63) is 66.2 Å². The molecule has 4 rings (SSSR count). The Labute approximate surface area is 164 Å². The second kappa shape index (κ2) is 7.72. The molecule has 1 saturated heterocycles. The van der Waals surface area contributed by atoms with Crippen LogP contribution in [0.15, 0.2) is 54.6 Å². The second-order valence-electron chi connectivity index (χ2n) is 6.68. The number of rotatable bonds is 4. The maximum atomic E-state index is 12.9. The van der Waals surface area contributed by atoms with Gasteiger partial charge in [-0.1, -0.05) is 30.3 Å². The molecule has 144 valence electrons. The molecule has 0 spiro atoms. The van der Waals surface area contributed by atoms with Crippen LogP contribution in [0.4, 0.5) is 5.69 Å². The molecule has 28 heavy (non-hydrogen) atoms. The number of para-hydroxylation sites is 3. The predicted molar refractivity (Wildman–Crippen MR) is 107 cm³/mol. The lowest BCUT2D eigenvalue weighted by Crippen LogP contribution is -2.49. The summed E-state index contributed by atoms with van der Waals surface area (Å²) in [5.74, 6) is 1.66. The Morgan fingerprint density at radius 1 is 0.964 bits per heavy atom. The first-order valence-electron chi connectivity index (χ1n) is 9.33. The van der Waals surface area contributed by atoms with E-state index in [9.17, 15) is 4.79 Å². The predicted octanol–water partition coefficient (Wildman–Crippen LogP) is 2.55. The molecule has 7 heteroatoms. The highest BCUT2D eigenvalue weighted by molar-refractivity contribution is 5.90. The standard InChI is InChI=1S/C21H23N5O2/c1-16-22-20(23-26(16)17-8-4-3-5-9-17)21(27)25-14-12-24(13-15-25)18-10-6-7-11-19(18)28-2/h3-11H,12-15H2,1-2H3. The molecule has 0 aliphatic carbocycles. The van der Waals surface area contributed by atoms with Gasteiger partial charge in [-0.05, 0) is 31.2 Å². The topological polar surface area (TPSA) is 63.5 Å². The van der Waals surface area contributed by atoms with Crippen LogP contribution in [0.2, 0.25) is 0 Å². The SMILES string of the molecule is COc1ccccc1N1CCN(C(=O)c2nc(C)n(-c3ccccc3)n2)CC1. The Kier molecular flexibility index (Phi) is 4.97. The average Bonchev–Trinajstić information content (AvgIpc) is 3.15. The van der Waals surface area contributed by atoms with Crippen molar-refractivity contribution < 1.29 is 9.53 Å². The fourth-order valence-electron chi connectivity index (χ4n) is 3.48. The largest absolute Gasteiger partial charge is 0.495 e. The first-order valence-corrected chi connectivity index (χ1v) is 9.33. The summed E-state index contributed by atoms with van der Waals surface area (Å²) in [7, 11) is 1.68. The third-order valence-corrected chi connectivity index (χ3v) is 4.95. The van der Waals surface area contributed by atoms with Gasteiger partial charge in [-0.15, -0.1) is 5.10 Å². The zero-order chi connectivity index (χ0) is 19.5. The molecule has 3 aromatic rings. The van der Waals surface area contributed by atoms with Crippen molar-refractivity contribution in [2.24, 2.45) is 0 Å². The number of amides is 1. The molecule has 1 aliphatic rings. The highest BCUT2D eigenvalue weighted by Gasteiger charge is 2.26. The van der Waals surface area contributed by atoms with Crippen LogP contribution in [0.25, 0.3) is 5.69 Å². The summed E-state index contributed by atoms with van der Waals surface area (Å²) in [6.45, 7) is 4.58. The molecular formula is C21H23N5O2. The van der Waals surface area contributed by atoms with E-state index in [2.05, 4.69) is 15.0 Å². The molecule has 0 saturated carbocycles. The highest BCUT2D eigenvalue weighted by Crippen LogP contribution is 2.28. The van der Waals surface area contributed by atoms with Crippen molar-refractivity contribution in [2.45, 2.75) is 6.92 Å². The monoisotopic (exact) mass is 377 g/mol. The van der Waals surface area contributed by atoms with E-state index in [-0.39, 0.29) is 11.7 Å². The summed E-state index contributed by atoms with van der Waals surface area (Å²) in [4.78, 5) is 21.4. The molecule has 0 radical (unpaired) electrons. The van der Waals surface area contributed by atoms with Crippen molar-refractivity contribution in [1.29, 1.82) is 0 Å². The molecule has 7 nitrogen and oxygen atoms in total. The summed E-state index contributed by atoms with van der Waals surface area (Å²) < 4.78 is 7.16. The number of carbonyl (C=O) groups is 1. The Morgan fingerprint density at radius 2 is 1.64 bits per heavy atom. The van der Waals surface area contributed by atoms with E-state index < -0.39 is 0 Å². The lowest BCUT2D eigenvalue weighted by atomic mass is 10.2. The number of hydrogen-bond acceptors (Lipinski definition) is 5. The van der Waals surface area contributed by atoms with E-state index in [1.54, 1.807) is 11.8 Å². The zero-order valence-corrected chi connectivity index (χ0v) is 16.1. The van der Waals surface area contributed by atoms with Crippen LogP contribution >= 0.6 is 0 Å². The first-order chi connectivity index (χ1) is 13.7. The minimum Gasteiger partial charge on any atom is -0.495 e. The van der Waals surface area contributed by atoms with Crippen LogP contribution in [0.3, 0.4) is 0 Å². The van der Waals surface area contributed by atoms with Gasteiger partial charge in [0.1, 0.15) is 11.6 Å². The molecule has 1 aliphatic heterocycles. The molecule has 0 atom stereocenters. The van der Waals surface area contributed by atoms with Crippen LogP contribution in [0.1, 0.15) is 16.4 Å². The van der Waals surface area contributed by atoms with E-state index in [1.165, 1.54) is 0 Å². The summed E-state index contributed by atoms with van der Waals surface area (Å²) in [6, 6.07) is 17.7. The van der Waals surface area contributed by atoms with Gasteiger partial charge in [0.25, 0.3) is 5.91 Å². The number of aryl methyl sites for hydroxylation is 1. The Bertz CT molecular complexity index is 962. The maximum Gasteiger partial charge on any atom is 0.293 e. The minimum atomic E-state index is -0.127. The van der Waals surface area contributed by atoms with Crippen molar-refractivity contribution >= 4 is 11.6 Å². The van der Waals surface area contributed by atoms with E-state index in [0.29, 0.717) is 18.9 Å². The third kappa shape index (κ3) is 3.43. The lowest BCUT2D eigenvalue weighted by molar-refractivity contribution is 0.0734. The fraction of sp³-hybridized carbons (Fsp3) is 0.286. The number of ether oxygens (including phenoxy) is 1. The number of nitrogens with zero attached hydrogens (tertiary/aromatic N) is 5. The molecule has 1 aromatic heterocycles. The van der Waals surface area contributed by atoms with Crippen LogP contribution in [0, 0.1) is 6.92 Å². The number of carbonyl (C=O) groups excluding carboxylic acids is 1. The Morgan fingerprint density at radius 3 is 2.36 bits per heavy atom. The van der Waals surface area contributed by atoms with Gasteiger partial charge in [-0.25, -0.2) is 9.67 Å². The number of methoxy groups -OCH3 is 1. The van der Waals surface area contributed by atoms with Crippen molar-refractivity contribution in [1.82, 2.24) is 19.7 Å². The number of hydrogen-bond donors (Lipinski definition) is 0. The Hall–Kier alpha value is -3.35. The van der Waals surface area contributed by atoms with Gasteiger partial charge >= 0.3 is 0 Å². The van der Waals surface area contributed by atoms with Crippen LogP contribution in [-0.4, -0.2) is 58.9 Å². The van der Waals surface area contributed by atoms with Gasteiger partial charge in [0, 0.05) is 26.2 Å². The van der Waals surface area contributed by atoms with Crippen molar-refractivity contribution in [3.63, 3.8) is 0 Å². The molecular weight excluding hydrogens is 354 g/mol. The third-order valence-electron chi connectivity index (χ3n) is 4.95. The number of anilines is 1. The molecule has 0 bridgehead atoms. The molecule has 1 fully saturated rings. The van der Waals surface area contributed by atoms with Gasteiger partial charge in [0.15, 0.2) is 0 Å². The second-order valence-corrected chi connectivity index (χ2v) is 6.68. The summed E-state index contributed by atoms with van der Waals surface area (Å²) >= 11 is 0. The van der Waals surface area contributed by atoms with E-state index in [1.807, 2.05) is 66.4 Å². The van der Waals surface area contributed by atoms with Gasteiger partial charge < -0.3 is 14.5 Å². The van der Waals surface area contributed by atoms with Gasteiger partial charge in [0.2, 0.25) is 5.82 Å². The van der Waals surface area contributed by atoms with Crippen LogP contribution in [0.5, 0.6) is 5.75 Å². The average molecular weight is 377 g/mol. The zero-order valence-electron chi connectivity index (χ0n) is 16.1. The van der Waals surface area contributed by atoms with E-state index >= 15 is 0 Å². The molecule has 1 amide bonds. The van der Waals surface area contributed by atoms with E-state index in [0.717, 1.165) is 30.2 Å². The van der Waals surface area contributed by atoms with Crippen LogP contribution < -0.4 is 9.64 Å². The molecule has 0 N–H and O–H groups in total. The lowest BCUT2D eigenvalue weighted by Gasteiger charge is -2.36. The van der Waals surface area contributed by atoms with Gasteiger partial charge in [-0.3, -0.25) is 4.79 Å². The molecule has 2 aromatic carbocycles. The summed E-state index contributed by atoms with van der Waals surface area (Å²) in [6.07, 6.45) is 0. The molecule has 0 unspecified atom stereocenters. The first kappa shape index (κ1) is 18.0. The normalized spacial score (nSPS) is 14.2. The highest BCUT2D eigenvalue weighted by atomic mass is 16.5. The minimum absolute atomic E-state index is 0.127. The van der Waals surface area contributed by atoms with Gasteiger partial charge in [0.05, 0.1) is 18.5 Å². The van der Waals surface area contributed by atoms with E-state index in [4.69, 9.17) is 4.74 Å². The quantitative estimate of drug-likeness (QED) is 0.699. The van der Waals surface area contributed by atoms with Crippen molar-refractivity contribution in [3.8, 4) is 11.4 Å². The summed E-state index contributed by atoms with van der Waals surface area (Å²) in [5.41, 5.74) is 1.95. The Balaban J connectivity index is 1.46. The number of piperazine rings is 1. The molecule has 2 heterocycles. The van der Waals surface area contributed by atoms with Crippen LogP contribution in [-0.2, 0) is 0 Å². The van der Waals surface area contributed by atoms with Gasteiger partial charge in [-0.2, -0.15) is 0 Å². The fourth-order valence-corrected chi connectivity index (χ4v) is 3.48. The number of benzene rings is 2. The smallest absolute Gasteiger partial charge is 0.293 e. The maximum absolute atomic E-state index is 12.9. The van der Waals surface area contributed by atoms with Crippen molar-refractivity contribution in [2.75, 3.05) is 38.2 Å².